The number of carbonyl (C=O) groups excluding carboxylic acids is 1. The number of nitrogens with one attached hydrogen (secondary N) is 1. The number of benzene rings is 2. The minimum absolute atomic E-state index is 0.194. The molecule has 0 unspecified atom stereocenters. The lowest BCUT2D eigenvalue weighted by Crippen LogP contribution is -2.27. The smallest absolute Gasteiger partial charge is 0.278 e. The van der Waals surface area contributed by atoms with Crippen molar-refractivity contribution in [3.63, 3.8) is 0 Å². The number of fused-ring (bicyclic) bond motifs is 1. The van der Waals surface area contributed by atoms with Crippen LogP contribution in [0.1, 0.15) is 28.7 Å². The Morgan fingerprint density at radius 2 is 1.84 bits per heavy atom. The third-order valence-electron chi connectivity index (χ3n) is 4.90. The minimum Gasteiger partial charge on any atom is -0.497 e. The van der Waals surface area contributed by atoms with Gasteiger partial charge in [0.05, 0.1) is 18.2 Å². The van der Waals surface area contributed by atoms with E-state index >= 15 is 0 Å². The molecule has 4 rings (SSSR count). The molecule has 2 heterocycles. The van der Waals surface area contributed by atoms with Crippen molar-refractivity contribution in [3.05, 3.63) is 69.5 Å². The number of anilines is 1. The molecule has 0 bridgehead atoms. The molecule has 0 aliphatic rings. The molecule has 2 aromatic carbocycles. The zero-order valence-corrected chi connectivity index (χ0v) is 18.3. The van der Waals surface area contributed by atoms with Gasteiger partial charge in [-0.05, 0) is 43.7 Å². The summed E-state index contributed by atoms with van der Waals surface area (Å²) >= 11 is 1.39. The lowest BCUT2D eigenvalue weighted by molar-refractivity contribution is 0.102. The number of carbonyl (C=O) groups is 1. The Balaban J connectivity index is 1.68. The zero-order chi connectivity index (χ0) is 22.0. The van der Waals surface area contributed by atoms with E-state index in [1.54, 1.807) is 31.4 Å². The van der Waals surface area contributed by atoms with Crippen molar-refractivity contribution in [1.82, 2.24) is 14.8 Å². The highest BCUT2D eigenvalue weighted by Crippen LogP contribution is 2.31. The third-order valence-corrected chi connectivity index (χ3v) is 5.78. The van der Waals surface area contributed by atoms with Gasteiger partial charge in [-0.15, -0.1) is 11.3 Å². The Kier molecular flexibility index (Phi) is 5.81. The molecular formula is C23H22N4O3S. The number of aryl methyl sites for hydroxylation is 2. The van der Waals surface area contributed by atoms with E-state index in [1.807, 2.05) is 38.1 Å². The Bertz CT molecular complexity index is 1310. The first kappa shape index (κ1) is 20.7. The van der Waals surface area contributed by atoms with Crippen molar-refractivity contribution in [2.75, 3.05) is 12.4 Å². The number of methoxy groups -OCH3 is 1. The summed E-state index contributed by atoms with van der Waals surface area (Å²) < 4.78 is 6.56. The van der Waals surface area contributed by atoms with Crippen LogP contribution in [-0.4, -0.2) is 27.8 Å². The normalized spacial score (nSPS) is 10.9. The van der Waals surface area contributed by atoms with Crippen LogP contribution in [-0.2, 0) is 6.54 Å². The van der Waals surface area contributed by atoms with Crippen molar-refractivity contribution in [2.24, 2.45) is 0 Å². The van der Waals surface area contributed by atoms with Crippen LogP contribution in [0.2, 0.25) is 0 Å². The predicted octanol–water partition coefficient (Wildman–Crippen LogP) is 4.50. The quantitative estimate of drug-likeness (QED) is 0.483. The van der Waals surface area contributed by atoms with Gasteiger partial charge in [-0.2, -0.15) is 5.10 Å². The summed E-state index contributed by atoms with van der Waals surface area (Å²) in [5, 5.41) is 8.69. The lowest BCUT2D eigenvalue weighted by Gasteiger charge is -2.09. The number of rotatable bonds is 6. The second kappa shape index (κ2) is 8.69. The SMILES string of the molecule is CCCn1nc(C(=O)Nc2nc(-c3ccc(OC)cc3)c(C)s2)c2ccccc2c1=O. The molecule has 8 heteroatoms. The van der Waals surface area contributed by atoms with Crippen LogP contribution in [0.15, 0.2) is 53.3 Å². The molecule has 4 aromatic rings. The summed E-state index contributed by atoms with van der Waals surface area (Å²) in [5.74, 6) is 0.376. The van der Waals surface area contributed by atoms with E-state index in [2.05, 4.69) is 15.4 Å². The fraction of sp³-hybridized carbons (Fsp3) is 0.217. The monoisotopic (exact) mass is 434 g/mol. The van der Waals surface area contributed by atoms with Crippen LogP contribution in [0, 0.1) is 6.92 Å². The van der Waals surface area contributed by atoms with Gasteiger partial charge in [-0.1, -0.05) is 25.1 Å². The van der Waals surface area contributed by atoms with E-state index in [0.29, 0.717) is 22.4 Å². The first-order valence-corrected chi connectivity index (χ1v) is 10.8. The largest absolute Gasteiger partial charge is 0.497 e. The van der Waals surface area contributed by atoms with Gasteiger partial charge in [-0.3, -0.25) is 14.9 Å². The van der Waals surface area contributed by atoms with Crippen molar-refractivity contribution in [3.8, 4) is 17.0 Å². The topological polar surface area (TPSA) is 86.1 Å². The summed E-state index contributed by atoms with van der Waals surface area (Å²) in [4.78, 5) is 31.3. The van der Waals surface area contributed by atoms with Crippen LogP contribution in [0.4, 0.5) is 5.13 Å². The van der Waals surface area contributed by atoms with Gasteiger partial charge in [0.1, 0.15) is 5.75 Å². The minimum atomic E-state index is -0.393. The van der Waals surface area contributed by atoms with Gasteiger partial charge in [-0.25, -0.2) is 9.67 Å². The van der Waals surface area contributed by atoms with Crippen molar-refractivity contribution >= 4 is 33.1 Å². The van der Waals surface area contributed by atoms with Crippen LogP contribution in [0.25, 0.3) is 22.0 Å². The Morgan fingerprint density at radius 3 is 2.52 bits per heavy atom. The van der Waals surface area contributed by atoms with Crippen LogP contribution in [0.5, 0.6) is 5.75 Å². The van der Waals surface area contributed by atoms with Crippen molar-refractivity contribution in [2.45, 2.75) is 26.8 Å². The summed E-state index contributed by atoms with van der Waals surface area (Å²) in [6.07, 6.45) is 0.739. The molecule has 1 amide bonds. The number of thiazole rings is 1. The first-order chi connectivity index (χ1) is 15.0. The Labute approximate surface area is 183 Å². The van der Waals surface area contributed by atoms with Gasteiger partial charge < -0.3 is 4.74 Å². The Morgan fingerprint density at radius 1 is 1.13 bits per heavy atom. The summed E-state index contributed by atoms with van der Waals surface area (Å²) in [6.45, 7) is 4.37. The van der Waals surface area contributed by atoms with Gasteiger partial charge in [0.15, 0.2) is 10.8 Å². The van der Waals surface area contributed by atoms with Gasteiger partial charge in [0, 0.05) is 22.4 Å². The van der Waals surface area contributed by atoms with E-state index in [0.717, 1.165) is 28.3 Å². The molecule has 1 N–H and O–H groups in total. The fourth-order valence-electron chi connectivity index (χ4n) is 3.39. The summed E-state index contributed by atoms with van der Waals surface area (Å²) in [5.41, 5.74) is 1.76. The molecule has 31 heavy (non-hydrogen) atoms. The highest BCUT2D eigenvalue weighted by atomic mass is 32.1. The van der Waals surface area contributed by atoms with Gasteiger partial charge >= 0.3 is 0 Å². The maximum absolute atomic E-state index is 13.1. The van der Waals surface area contributed by atoms with Crippen LogP contribution < -0.4 is 15.6 Å². The molecule has 0 fully saturated rings. The molecule has 2 aromatic heterocycles. The second-order valence-corrected chi connectivity index (χ2v) is 8.23. The molecule has 158 valence electrons. The average Bonchev–Trinajstić information content (AvgIpc) is 3.15. The summed E-state index contributed by atoms with van der Waals surface area (Å²) in [6, 6.07) is 14.7. The molecule has 0 radical (unpaired) electrons. The maximum Gasteiger partial charge on any atom is 0.278 e. The number of nitrogens with zero attached hydrogens (tertiary/aromatic N) is 3. The van der Waals surface area contributed by atoms with E-state index in [9.17, 15) is 9.59 Å². The highest BCUT2D eigenvalue weighted by molar-refractivity contribution is 7.16. The number of hydrogen-bond acceptors (Lipinski definition) is 6. The zero-order valence-electron chi connectivity index (χ0n) is 17.5. The van der Waals surface area contributed by atoms with Crippen molar-refractivity contribution in [1.29, 1.82) is 0 Å². The van der Waals surface area contributed by atoms with Gasteiger partial charge in [0.25, 0.3) is 11.5 Å². The molecule has 0 saturated heterocycles. The van der Waals surface area contributed by atoms with E-state index in [1.165, 1.54) is 16.0 Å². The lowest BCUT2D eigenvalue weighted by atomic mass is 10.1. The molecule has 0 saturated carbocycles. The van der Waals surface area contributed by atoms with Crippen LogP contribution in [0.3, 0.4) is 0 Å². The Hall–Kier alpha value is -3.52. The van der Waals surface area contributed by atoms with E-state index in [4.69, 9.17) is 4.74 Å². The summed E-state index contributed by atoms with van der Waals surface area (Å²) in [7, 11) is 1.62. The maximum atomic E-state index is 13.1. The average molecular weight is 435 g/mol. The number of aromatic nitrogens is 3. The molecule has 0 aliphatic heterocycles. The number of amides is 1. The standard InChI is InChI=1S/C23H22N4O3S/c1-4-13-27-22(29)18-8-6-5-7-17(18)20(26-27)21(28)25-23-24-19(14(2)31-23)15-9-11-16(30-3)12-10-15/h5-12H,4,13H2,1-3H3,(H,24,25,28). The molecule has 0 spiro atoms. The molecular weight excluding hydrogens is 412 g/mol. The molecule has 0 aliphatic carbocycles. The van der Waals surface area contributed by atoms with Crippen LogP contribution >= 0.6 is 11.3 Å². The van der Waals surface area contributed by atoms with E-state index in [-0.39, 0.29) is 11.3 Å². The fourth-order valence-corrected chi connectivity index (χ4v) is 4.22. The first-order valence-electron chi connectivity index (χ1n) is 9.95. The second-order valence-electron chi connectivity index (χ2n) is 7.03. The van der Waals surface area contributed by atoms with Gasteiger partial charge in [0.2, 0.25) is 0 Å². The number of ether oxygens (including phenoxy) is 1. The highest BCUT2D eigenvalue weighted by Gasteiger charge is 2.19. The molecule has 0 atom stereocenters. The van der Waals surface area contributed by atoms with E-state index < -0.39 is 5.91 Å². The predicted molar refractivity (Wildman–Crippen MR) is 123 cm³/mol. The molecule has 7 nitrogen and oxygen atoms in total. The number of hydrogen-bond donors (Lipinski definition) is 1. The van der Waals surface area contributed by atoms with Crippen molar-refractivity contribution < 1.29 is 9.53 Å². The third kappa shape index (κ3) is 4.06.